The van der Waals surface area contributed by atoms with Crippen LogP contribution < -0.4 is 5.32 Å². The number of nitrogens with zero attached hydrogens (tertiary/aromatic N) is 1. The van der Waals surface area contributed by atoms with E-state index in [4.69, 9.17) is 11.6 Å². The molecular weight excluding hydrogens is 184 g/mol. The van der Waals surface area contributed by atoms with Crippen LogP contribution in [0.4, 0.5) is 0 Å². The normalized spacial score (nSPS) is 20.2. The van der Waals surface area contributed by atoms with Gasteiger partial charge in [0.05, 0.1) is 0 Å². The van der Waals surface area contributed by atoms with Crippen LogP contribution in [0.3, 0.4) is 0 Å². The van der Waals surface area contributed by atoms with Crippen LogP contribution in [0.15, 0.2) is 11.6 Å². The first-order valence-electron chi connectivity index (χ1n) is 5.08. The molecule has 0 bridgehead atoms. The molecule has 1 aliphatic rings. The van der Waals surface area contributed by atoms with E-state index in [1.165, 1.54) is 12.8 Å². The van der Waals surface area contributed by atoms with Gasteiger partial charge in [0.1, 0.15) is 0 Å². The average molecular weight is 203 g/mol. The Morgan fingerprint density at radius 1 is 1.46 bits per heavy atom. The second-order valence-electron chi connectivity index (χ2n) is 3.43. The van der Waals surface area contributed by atoms with Gasteiger partial charge in [0, 0.05) is 18.1 Å². The highest BCUT2D eigenvalue weighted by Gasteiger charge is 2.17. The maximum Gasteiger partial charge on any atom is 0.0177 e. The lowest BCUT2D eigenvalue weighted by molar-refractivity contribution is 0.187. The molecule has 0 radical (unpaired) electrons. The molecule has 0 saturated carbocycles. The Balaban J connectivity index is 2.34. The third kappa shape index (κ3) is 3.67. The number of rotatable bonds is 4. The smallest absolute Gasteiger partial charge is 0.0177 e. The maximum atomic E-state index is 5.52. The van der Waals surface area contributed by atoms with Crippen LogP contribution in [0.1, 0.15) is 19.8 Å². The summed E-state index contributed by atoms with van der Waals surface area (Å²) in [6.07, 6.45) is 4.56. The van der Waals surface area contributed by atoms with Gasteiger partial charge in [-0.25, -0.2) is 0 Å². The molecular formula is C10H19ClN2. The van der Waals surface area contributed by atoms with Crippen LogP contribution in [0.25, 0.3) is 0 Å². The summed E-state index contributed by atoms with van der Waals surface area (Å²) in [6.45, 7) is 6.64. The Kier molecular flexibility index (Phi) is 5.44. The van der Waals surface area contributed by atoms with Crippen molar-refractivity contribution in [2.24, 2.45) is 0 Å². The van der Waals surface area contributed by atoms with Crippen molar-refractivity contribution in [1.82, 2.24) is 10.2 Å². The van der Waals surface area contributed by atoms with E-state index in [1.54, 1.807) is 5.54 Å². The highest BCUT2D eigenvalue weighted by atomic mass is 35.5. The largest absolute Gasteiger partial charge is 0.317 e. The van der Waals surface area contributed by atoms with E-state index in [0.717, 1.165) is 32.2 Å². The third-order valence-electron chi connectivity index (χ3n) is 2.66. The summed E-state index contributed by atoms with van der Waals surface area (Å²) < 4.78 is 0. The monoisotopic (exact) mass is 202 g/mol. The molecule has 0 unspecified atom stereocenters. The Labute approximate surface area is 85.9 Å². The third-order valence-corrected chi connectivity index (χ3v) is 2.84. The Morgan fingerprint density at radius 3 is 2.69 bits per heavy atom. The van der Waals surface area contributed by atoms with Gasteiger partial charge in [-0.1, -0.05) is 24.6 Å². The molecule has 1 rings (SSSR count). The van der Waals surface area contributed by atoms with Crippen LogP contribution in [0.2, 0.25) is 0 Å². The molecule has 1 N–H and O–H groups in total. The first-order chi connectivity index (χ1) is 6.38. The minimum Gasteiger partial charge on any atom is -0.317 e. The molecule has 0 aliphatic carbocycles. The van der Waals surface area contributed by atoms with E-state index in [9.17, 15) is 0 Å². The van der Waals surface area contributed by atoms with Crippen LogP contribution in [-0.4, -0.2) is 37.1 Å². The summed E-state index contributed by atoms with van der Waals surface area (Å²) in [4.78, 5) is 2.49. The summed E-state index contributed by atoms with van der Waals surface area (Å²) in [5.74, 6) is 0. The van der Waals surface area contributed by atoms with E-state index in [2.05, 4.69) is 17.1 Å². The molecule has 0 aromatic rings. The van der Waals surface area contributed by atoms with Gasteiger partial charge in [-0.05, 0) is 32.5 Å². The number of likely N-dealkylation sites (N-methyl/N-ethyl adjacent to an activating group) is 1. The molecule has 0 aromatic carbocycles. The SMILES string of the molecule is CCN(C/C=C/Cl)C1CCNCC1. The lowest BCUT2D eigenvalue weighted by Gasteiger charge is -2.32. The standard InChI is InChI=1S/C10H19ClN2/c1-2-13(9-3-6-11)10-4-7-12-8-5-10/h3,6,10,12H,2,4-5,7-9H2,1H3/b6-3+. The predicted octanol–water partition coefficient (Wildman–Crippen LogP) is 1.81. The molecule has 0 atom stereocenters. The second-order valence-corrected chi connectivity index (χ2v) is 3.68. The first kappa shape index (κ1) is 11.0. The lowest BCUT2D eigenvalue weighted by atomic mass is 10.1. The molecule has 0 amide bonds. The summed E-state index contributed by atoms with van der Waals surface area (Å²) in [6, 6.07) is 0.749. The topological polar surface area (TPSA) is 15.3 Å². The van der Waals surface area contributed by atoms with Crippen molar-refractivity contribution in [3.63, 3.8) is 0 Å². The van der Waals surface area contributed by atoms with Gasteiger partial charge in [-0.2, -0.15) is 0 Å². The number of halogens is 1. The van der Waals surface area contributed by atoms with E-state index in [1.807, 2.05) is 6.08 Å². The molecule has 13 heavy (non-hydrogen) atoms. The molecule has 0 spiro atoms. The molecule has 0 aromatic heterocycles. The number of nitrogens with one attached hydrogen (secondary N) is 1. The van der Waals surface area contributed by atoms with Gasteiger partial charge < -0.3 is 5.32 Å². The van der Waals surface area contributed by atoms with Crippen LogP contribution in [0, 0.1) is 0 Å². The van der Waals surface area contributed by atoms with E-state index < -0.39 is 0 Å². The molecule has 1 fully saturated rings. The van der Waals surface area contributed by atoms with Crippen LogP contribution in [-0.2, 0) is 0 Å². The van der Waals surface area contributed by atoms with Gasteiger partial charge >= 0.3 is 0 Å². The molecule has 1 saturated heterocycles. The average Bonchev–Trinajstić information content (AvgIpc) is 2.21. The summed E-state index contributed by atoms with van der Waals surface area (Å²) >= 11 is 5.52. The van der Waals surface area contributed by atoms with Crippen molar-refractivity contribution >= 4 is 11.6 Å². The van der Waals surface area contributed by atoms with Crippen molar-refractivity contribution in [1.29, 1.82) is 0 Å². The van der Waals surface area contributed by atoms with Crippen LogP contribution >= 0.6 is 11.6 Å². The zero-order valence-corrected chi connectivity index (χ0v) is 9.06. The molecule has 76 valence electrons. The predicted molar refractivity (Wildman–Crippen MR) is 58.1 cm³/mol. The van der Waals surface area contributed by atoms with Gasteiger partial charge in [0.25, 0.3) is 0 Å². The van der Waals surface area contributed by atoms with E-state index in [0.29, 0.717) is 0 Å². The lowest BCUT2D eigenvalue weighted by Crippen LogP contribution is -2.43. The zero-order valence-electron chi connectivity index (χ0n) is 8.30. The minimum atomic E-state index is 0.749. The molecule has 2 nitrogen and oxygen atoms in total. The fraction of sp³-hybridized carbons (Fsp3) is 0.800. The number of hydrogen-bond acceptors (Lipinski definition) is 2. The van der Waals surface area contributed by atoms with Crippen molar-refractivity contribution in [3.05, 3.63) is 11.6 Å². The Morgan fingerprint density at radius 2 is 2.15 bits per heavy atom. The summed E-state index contributed by atoms with van der Waals surface area (Å²) in [7, 11) is 0. The van der Waals surface area contributed by atoms with Gasteiger partial charge in [-0.15, -0.1) is 0 Å². The molecule has 3 heteroatoms. The summed E-state index contributed by atoms with van der Waals surface area (Å²) in [5.41, 5.74) is 1.61. The zero-order chi connectivity index (χ0) is 9.52. The first-order valence-corrected chi connectivity index (χ1v) is 5.52. The number of hydrogen-bond donors (Lipinski definition) is 1. The van der Waals surface area contributed by atoms with Gasteiger partial charge in [-0.3, -0.25) is 4.90 Å². The maximum absolute atomic E-state index is 5.52. The minimum absolute atomic E-state index is 0.749. The Bertz CT molecular complexity index is 153. The fourth-order valence-electron chi connectivity index (χ4n) is 1.88. The van der Waals surface area contributed by atoms with Crippen molar-refractivity contribution < 1.29 is 0 Å². The number of piperidine rings is 1. The quantitative estimate of drug-likeness (QED) is 0.748. The van der Waals surface area contributed by atoms with Crippen molar-refractivity contribution in [3.8, 4) is 0 Å². The van der Waals surface area contributed by atoms with Gasteiger partial charge in [0.15, 0.2) is 0 Å². The van der Waals surface area contributed by atoms with Crippen molar-refractivity contribution in [2.45, 2.75) is 25.8 Å². The van der Waals surface area contributed by atoms with E-state index in [-0.39, 0.29) is 0 Å². The Hall–Kier alpha value is -0.0500. The molecule has 1 heterocycles. The van der Waals surface area contributed by atoms with Gasteiger partial charge in [0.2, 0.25) is 0 Å². The van der Waals surface area contributed by atoms with Crippen molar-refractivity contribution in [2.75, 3.05) is 26.2 Å². The summed E-state index contributed by atoms with van der Waals surface area (Å²) in [5, 5.41) is 3.38. The fourth-order valence-corrected chi connectivity index (χ4v) is 1.96. The van der Waals surface area contributed by atoms with Crippen LogP contribution in [0.5, 0.6) is 0 Å². The second kappa shape index (κ2) is 6.41. The van der Waals surface area contributed by atoms with E-state index >= 15 is 0 Å². The molecule has 1 aliphatic heterocycles. The highest BCUT2D eigenvalue weighted by Crippen LogP contribution is 2.11. The highest BCUT2D eigenvalue weighted by molar-refractivity contribution is 6.25.